The van der Waals surface area contributed by atoms with Crippen molar-refractivity contribution in [1.82, 2.24) is 10.6 Å². The molecule has 0 atom stereocenters. The first-order valence-electron chi connectivity index (χ1n) is 7.22. The van der Waals surface area contributed by atoms with Crippen molar-refractivity contribution in [3.05, 3.63) is 30.3 Å². The highest BCUT2D eigenvalue weighted by atomic mass is 127. The fourth-order valence-electron chi connectivity index (χ4n) is 1.80. The van der Waals surface area contributed by atoms with Gasteiger partial charge in [-0.05, 0) is 38.3 Å². The lowest BCUT2D eigenvalue weighted by atomic mass is 10.3. The molecular weight excluding hydrogens is 363 g/mol. The Hall–Kier alpha value is -0.980. The number of halogens is 1. The van der Waals surface area contributed by atoms with Crippen molar-refractivity contribution in [2.24, 2.45) is 4.99 Å². The fraction of sp³-hybridized carbons (Fsp3) is 0.533. The number of nitrogens with one attached hydrogen (secondary N) is 3. The van der Waals surface area contributed by atoms with Crippen LogP contribution in [0.4, 0.5) is 5.69 Å². The van der Waals surface area contributed by atoms with Crippen LogP contribution in [0.5, 0.6) is 0 Å². The number of para-hydroxylation sites is 1. The van der Waals surface area contributed by atoms with E-state index < -0.39 is 0 Å². The molecule has 0 radical (unpaired) electrons. The summed E-state index contributed by atoms with van der Waals surface area (Å²) in [6.07, 6.45) is 3.59. The van der Waals surface area contributed by atoms with E-state index in [2.05, 4.69) is 40.0 Å². The Morgan fingerprint density at radius 2 is 2.00 bits per heavy atom. The van der Waals surface area contributed by atoms with E-state index in [1.807, 2.05) is 18.2 Å². The van der Waals surface area contributed by atoms with Crippen molar-refractivity contribution >= 4 is 35.6 Å². The van der Waals surface area contributed by atoms with E-state index in [1.165, 1.54) is 18.5 Å². The number of hydrogen-bond acceptors (Lipinski definition) is 2. The van der Waals surface area contributed by atoms with Crippen LogP contribution in [0.25, 0.3) is 0 Å². The summed E-state index contributed by atoms with van der Waals surface area (Å²) in [5.41, 5.74) is 1.18. The van der Waals surface area contributed by atoms with Crippen LogP contribution in [-0.4, -0.2) is 31.6 Å². The zero-order valence-corrected chi connectivity index (χ0v) is 14.4. The Bertz CT molecular complexity index is 390. The highest BCUT2D eigenvalue weighted by molar-refractivity contribution is 14.0. The van der Waals surface area contributed by atoms with Crippen LogP contribution in [0.3, 0.4) is 0 Å². The first kappa shape index (κ1) is 17.1. The summed E-state index contributed by atoms with van der Waals surface area (Å²) in [5.74, 6) is 0.963. The quantitative estimate of drug-likeness (QED) is 0.291. The molecule has 2 rings (SSSR count). The lowest BCUT2D eigenvalue weighted by Crippen LogP contribution is -2.38. The third-order valence-electron chi connectivity index (χ3n) is 2.97. The molecule has 1 saturated carbocycles. The molecule has 0 amide bonds. The molecule has 3 N–H and O–H groups in total. The number of nitrogens with zero attached hydrogens (tertiary/aromatic N) is 1. The van der Waals surface area contributed by atoms with Crippen LogP contribution >= 0.6 is 24.0 Å². The minimum atomic E-state index is 0. The lowest BCUT2D eigenvalue weighted by molar-refractivity contribution is 0.795. The second-order valence-electron chi connectivity index (χ2n) is 4.83. The van der Waals surface area contributed by atoms with Crippen LogP contribution < -0.4 is 16.0 Å². The van der Waals surface area contributed by atoms with Crippen LogP contribution in [0, 0.1) is 0 Å². The van der Waals surface area contributed by atoms with Crippen LogP contribution in [0.15, 0.2) is 35.3 Å². The molecule has 1 aromatic rings. The van der Waals surface area contributed by atoms with E-state index in [9.17, 15) is 0 Å². The van der Waals surface area contributed by atoms with Crippen molar-refractivity contribution < 1.29 is 0 Å². The normalized spacial score (nSPS) is 14.3. The first-order chi connectivity index (χ1) is 9.38. The summed E-state index contributed by atoms with van der Waals surface area (Å²) in [4.78, 5) is 4.58. The second-order valence-corrected chi connectivity index (χ2v) is 4.83. The van der Waals surface area contributed by atoms with E-state index in [4.69, 9.17) is 0 Å². The Balaban J connectivity index is 0.00000200. The van der Waals surface area contributed by atoms with E-state index >= 15 is 0 Å². The van der Waals surface area contributed by atoms with Crippen molar-refractivity contribution in [3.8, 4) is 0 Å². The summed E-state index contributed by atoms with van der Waals surface area (Å²) < 4.78 is 0. The fourth-order valence-corrected chi connectivity index (χ4v) is 1.80. The predicted octanol–water partition coefficient (Wildman–Crippen LogP) is 2.82. The van der Waals surface area contributed by atoms with Gasteiger partial charge in [-0.3, -0.25) is 4.99 Å². The third kappa shape index (κ3) is 6.98. The Morgan fingerprint density at radius 1 is 1.25 bits per heavy atom. The Labute approximate surface area is 138 Å². The average molecular weight is 388 g/mol. The molecule has 0 unspecified atom stereocenters. The number of anilines is 1. The lowest BCUT2D eigenvalue weighted by Gasteiger charge is -2.10. The predicted molar refractivity (Wildman–Crippen MR) is 97.1 cm³/mol. The van der Waals surface area contributed by atoms with Gasteiger partial charge in [-0.1, -0.05) is 18.2 Å². The number of rotatable bonds is 7. The van der Waals surface area contributed by atoms with Gasteiger partial charge in [0.1, 0.15) is 0 Å². The van der Waals surface area contributed by atoms with Gasteiger partial charge in [-0.15, -0.1) is 24.0 Å². The van der Waals surface area contributed by atoms with Crippen molar-refractivity contribution in [2.75, 3.05) is 25.0 Å². The van der Waals surface area contributed by atoms with E-state index in [-0.39, 0.29) is 24.0 Å². The highest BCUT2D eigenvalue weighted by Gasteiger charge is 2.21. The molecule has 20 heavy (non-hydrogen) atoms. The smallest absolute Gasteiger partial charge is 0.191 e. The van der Waals surface area contributed by atoms with E-state index in [0.29, 0.717) is 6.04 Å². The van der Waals surface area contributed by atoms with Crippen LogP contribution in [0.2, 0.25) is 0 Å². The maximum absolute atomic E-state index is 4.58. The molecule has 4 nitrogen and oxygen atoms in total. The number of aliphatic imine (C=N–C) groups is 1. The van der Waals surface area contributed by atoms with Gasteiger partial charge in [0, 0.05) is 31.4 Å². The Kier molecular flexibility index (Phi) is 8.41. The van der Waals surface area contributed by atoms with Crippen LogP contribution in [0.1, 0.15) is 26.2 Å². The molecule has 112 valence electrons. The largest absolute Gasteiger partial charge is 0.385 e. The standard InChI is InChI=1S/C15H24N4.HI/c1-2-16-15(19-14-9-10-14)18-12-6-11-17-13-7-4-3-5-8-13;/h3-5,7-8,14,17H,2,6,9-12H2,1H3,(H2,16,18,19);1H. The molecule has 0 aliphatic heterocycles. The minimum absolute atomic E-state index is 0. The molecule has 5 heteroatoms. The summed E-state index contributed by atoms with van der Waals surface area (Å²) in [7, 11) is 0. The molecule has 0 aromatic heterocycles. The molecule has 0 heterocycles. The summed E-state index contributed by atoms with van der Waals surface area (Å²) >= 11 is 0. The van der Waals surface area contributed by atoms with Gasteiger partial charge < -0.3 is 16.0 Å². The second kappa shape index (κ2) is 9.85. The van der Waals surface area contributed by atoms with Gasteiger partial charge in [0.2, 0.25) is 0 Å². The summed E-state index contributed by atoms with van der Waals surface area (Å²) in [5, 5.41) is 10.1. The SMILES string of the molecule is CCNC(=NCCCNc1ccccc1)NC1CC1.I. The van der Waals surface area contributed by atoms with E-state index in [1.54, 1.807) is 0 Å². The van der Waals surface area contributed by atoms with Gasteiger partial charge in [-0.2, -0.15) is 0 Å². The Morgan fingerprint density at radius 3 is 2.65 bits per heavy atom. The van der Waals surface area contributed by atoms with E-state index in [0.717, 1.165) is 32.0 Å². The molecule has 1 aliphatic rings. The summed E-state index contributed by atoms with van der Waals surface area (Å²) in [6, 6.07) is 10.9. The van der Waals surface area contributed by atoms with Crippen LogP contribution in [-0.2, 0) is 0 Å². The summed E-state index contributed by atoms with van der Waals surface area (Å²) in [6.45, 7) is 4.82. The average Bonchev–Trinajstić information content (AvgIpc) is 3.24. The number of guanidine groups is 1. The van der Waals surface area contributed by atoms with Crippen molar-refractivity contribution in [1.29, 1.82) is 0 Å². The highest BCUT2D eigenvalue weighted by Crippen LogP contribution is 2.18. The molecular formula is C15H25IN4. The van der Waals surface area contributed by atoms with Gasteiger partial charge >= 0.3 is 0 Å². The zero-order valence-electron chi connectivity index (χ0n) is 12.1. The topological polar surface area (TPSA) is 48.5 Å². The molecule has 1 aliphatic carbocycles. The molecule has 0 bridgehead atoms. The number of hydrogen-bond donors (Lipinski definition) is 3. The monoisotopic (exact) mass is 388 g/mol. The van der Waals surface area contributed by atoms with Gasteiger partial charge in [0.25, 0.3) is 0 Å². The molecule has 1 fully saturated rings. The minimum Gasteiger partial charge on any atom is -0.385 e. The van der Waals surface area contributed by atoms with Gasteiger partial charge in [-0.25, -0.2) is 0 Å². The van der Waals surface area contributed by atoms with Crippen molar-refractivity contribution in [3.63, 3.8) is 0 Å². The maximum Gasteiger partial charge on any atom is 0.191 e. The number of benzene rings is 1. The first-order valence-corrected chi connectivity index (χ1v) is 7.22. The van der Waals surface area contributed by atoms with Gasteiger partial charge in [0.05, 0.1) is 0 Å². The molecule has 0 spiro atoms. The zero-order chi connectivity index (χ0) is 13.3. The third-order valence-corrected chi connectivity index (χ3v) is 2.97. The van der Waals surface area contributed by atoms with Gasteiger partial charge in [0.15, 0.2) is 5.96 Å². The molecule has 1 aromatic carbocycles. The molecule has 0 saturated heterocycles. The maximum atomic E-state index is 4.58. The van der Waals surface area contributed by atoms with Crippen molar-refractivity contribution in [2.45, 2.75) is 32.2 Å².